The predicted molar refractivity (Wildman–Crippen MR) is 96.9 cm³/mol. The third kappa shape index (κ3) is 4.73. The number of hydrogen-bond acceptors (Lipinski definition) is 6. The molecule has 0 unspecified atom stereocenters. The summed E-state index contributed by atoms with van der Waals surface area (Å²) < 4.78 is 15.4. The second-order valence-electron chi connectivity index (χ2n) is 4.96. The summed E-state index contributed by atoms with van der Waals surface area (Å²) in [6.45, 7) is 0. The van der Waals surface area contributed by atoms with E-state index in [-0.39, 0.29) is 0 Å². The van der Waals surface area contributed by atoms with Crippen LogP contribution in [-0.4, -0.2) is 39.4 Å². The smallest absolute Gasteiger partial charge is 0.329 e. The number of benzene rings is 2. The van der Waals surface area contributed by atoms with E-state index in [9.17, 15) is 9.59 Å². The molecular weight excluding hydrogens is 338 g/mol. The van der Waals surface area contributed by atoms with E-state index in [4.69, 9.17) is 14.2 Å². The summed E-state index contributed by atoms with van der Waals surface area (Å²) in [5.74, 6) is -0.239. The second kappa shape index (κ2) is 9.07. The molecule has 0 aromatic heterocycles. The minimum atomic E-state index is -0.911. The van der Waals surface area contributed by atoms with Crippen LogP contribution in [-0.2, 0) is 9.59 Å². The summed E-state index contributed by atoms with van der Waals surface area (Å²) in [5.41, 5.74) is 3.21. The summed E-state index contributed by atoms with van der Waals surface area (Å²) >= 11 is 0. The lowest BCUT2D eigenvalue weighted by Crippen LogP contribution is -2.32. The number of hydrazone groups is 1. The molecule has 0 fully saturated rings. The molecule has 0 spiro atoms. The number of nitrogens with zero attached hydrogens (tertiary/aromatic N) is 1. The van der Waals surface area contributed by atoms with Gasteiger partial charge in [-0.1, -0.05) is 12.1 Å². The maximum atomic E-state index is 11.9. The molecule has 0 atom stereocenters. The van der Waals surface area contributed by atoms with Crippen LogP contribution in [0.2, 0.25) is 0 Å². The molecule has 0 saturated carbocycles. The molecule has 0 heterocycles. The molecule has 0 bridgehead atoms. The number of carbonyl (C=O) groups is 2. The first-order valence-corrected chi connectivity index (χ1v) is 7.58. The molecule has 2 aromatic rings. The number of nitrogens with one attached hydrogen (secondary N) is 2. The Labute approximate surface area is 150 Å². The molecule has 0 saturated heterocycles. The molecule has 8 heteroatoms. The largest absolute Gasteiger partial charge is 0.496 e. The Morgan fingerprint density at radius 3 is 2.27 bits per heavy atom. The highest BCUT2D eigenvalue weighted by Gasteiger charge is 2.14. The van der Waals surface area contributed by atoms with Gasteiger partial charge >= 0.3 is 11.8 Å². The molecule has 2 aromatic carbocycles. The molecule has 0 aliphatic rings. The van der Waals surface area contributed by atoms with Crippen LogP contribution in [0.4, 0.5) is 5.69 Å². The van der Waals surface area contributed by atoms with Gasteiger partial charge in [-0.15, -0.1) is 0 Å². The quantitative estimate of drug-likeness (QED) is 0.467. The number of para-hydroxylation sites is 1. The Kier molecular flexibility index (Phi) is 6.55. The van der Waals surface area contributed by atoms with E-state index in [0.29, 0.717) is 28.5 Å². The summed E-state index contributed by atoms with van der Waals surface area (Å²) in [6, 6.07) is 11.9. The van der Waals surface area contributed by atoms with E-state index < -0.39 is 11.8 Å². The highest BCUT2D eigenvalue weighted by atomic mass is 16.5. The molecule has 2 amide bonds. The van der Waals surface area contributed by atoms with Crippen molar-refractivity contribution < 1.29 is 23.8 Å². The Balaban J connectivity index is 1.97. The van der Waals surface area contributed by atoms with E-state index in [1.807, 2.05) is 6.07 Å². The van der Waals surface area contributed by atoms with Crippen LogP contribution >= 0.6 is 0 Å². The minimum Gasteiger partial charge on any atom is -0.496 e. The Bertz CT molecular complexity index is 820. The van der Waals surface area contributed by atoms with Crippen molar-refractivity contribution in [3.63, 3.8) is 0 Å². The average molecular weight is 357 g/mol. The van der Waals surface area contributed by atoms with Gasteiger partial charge < -0.3 is 19.5 Å². The van der Waals surface area contributed by atoms with Crippen molar-refractivity contribution in [3.8, 4) is 17.2 Å². The van der Waals surface area contributed by atoms with Crippen LogP contribution in [0.25, 0.3) is 0 Å². The normalized spacial score (nSPS) is 10.3. The minimum absolute atomic E-state index is 0.386. The van der Waals surface area contributed by atoms with Crippen molar-refractivity contribution in [2.75, 3.05) is 26.6 Å². The van der Waals surface area contributed by atoms with Crippen LogP contribution in [0.5, 0.6) is 17.2 Å². The molecule has 2 N–H and O–H groups in total. The Hall–Kier alpha value is -3.55. The van der Waals surface area contributed by atoms with Gasteiger partial charge in [-0.3, -0.25) is 9.59 Å². The van der Waals surface area contributed by atoms with E-state index in [1.165, 1.54) is 27.5 Å². The maximum Gasteiger partial charge on any atom is 0.329 e. The van der Waals surface area contributed by atoms with E-state index in [0.717, 1.165) is 0 Å². The van der Waals surface area contributed by atoms with Gasteiger partial charge in [0.25, 0.3) is 0 Å². The van der Waals surface area contributed by atoms with E-state index >= 15 is 0 Å². The maximum absolute atomic E-state index is 11.9. The molecule has 0 radical (unpaired) electrons. The van der Waals surface area contributed by atoms with Gasteiger partial charge in [-0.2, -0.15) is 5.10 Å². The molecule has 26 heavy (non-hydrogen) atoms. The van der Waals surface area contributed by atoms with Gasteiger partial charge in [0, 0.05) is 17.3 Å². The fourth-order valence-electron chi connectivity index (χ4n) is 2.09. The van der Waals surface area contributed by atoms with Gasteiger partial charge in [-0.05, 0) is 24.3 Å². The number of anilines is 1. The first-order valence-electron chi connectivity index (χ1n) is 7.58. The van der Waals surface area contributed by atoms with Gasteiger partial charge in [0.15, 0.2) is 11.5 Å². The SMILES string of the molecule is COc1ccccc1/C=N\NC(=O)C(=O)Nc1ccc(OC)c(OC)c1. The van der Waals surface area contributed by atoms with Crippen molar-refractivity contribution in [3.05, 3.63) is 48.0 Å². The molecular formula is C18H19N3O5. The van der Waals surface area contributed by atoms with Crippen molar-refractivity contribution in [1.29, 1.82) is 0 Å². The van der Waals surface area contributed by atoms with Gasteiger partial charge in [0.2, 0.25) is 0 Å². The van der Waals surface area contributed by atoms with E-state index in [2.05, 4.69) is 15.8 Å². The summed E-state index contributed by atoms with van der Waals surface area (Å²) in [5, 5.41) is 6.22. The zero-order chi connectivity index (χ0) is 18.9. The number of amides is 2. The third-order valence-corrected chi connectivity index (χ3v) is 3.36. The van der Waals surface area contributed by atoms with Crippen LogP contribution in [0, 0.1) is 0 Å². The third-order valence-electron chi connectivity index (χ3n) is 3.36. The Morgan fingerprint density at radius 2 is 1.58 bits per heavy atom. The van der Waals surface area contributed by atoms with Crippen LogP contribution in [0.1, 0.15) is 5.56 Å². The second-order valence-corrected chi connectivity index (χ2v) is 4.96. The lowest BCUT2D eigenvalue weighted by molar-refractivity contribution is -0.136. The van der Waals surface area contributed by atoms with Crippen LogP contribution in [0.3, 0.4) is 0 Å². The van der Waals surface area contributed by atoms with Crippen molar-refractivity contribution in [1.82, 2.24) is 5.43 Å². The molecule has 0 aliphatic carbocycles. The number of carbonyl (C=O) groups excluding carboxylic acids is 2. The first-order chi connectivity index (χ1) is 12.6. The van der Waals surface area contributed by atoms with Crippen molar-refractivity contribution in [2.45, 2.75) is 0 Å². The highest BCUT2D eigenvalue weighted by Crippen LogP contribution is 2.29. The fraction of sp³-hybridized carbons (Fsp3) is 0.167. The zero-order valence-corrected chi connectivity index (χ0v) is 14.6. The summed E-state index contributed by atoms with van der Waals surface area (Å²) in [4.78, 5) is 23.8. The van der Waals surface area contributed by atoms with Gasteiger partial charge in [0.05, 0.1) is 27.5 Å². The van der Waals surface area contributed by atoms with Gasteiger partial charge in [0.1, 0.15) is 5.75 Å². The Morgan fingerprint density at radius 1 is 0.885 bits per heavy atom. The zero-order valence-electron chi connectivity index (χ0n) is 14.6. The number of rotatable bonds is 6. The molecule has 8 nitrogen and oxygen atoms in total. The van der Waals surface area contributed by atoms with Gasteiger partial charge in [-0.25, -0.2) is 5.43 Å². The molecule has 136 valence electrons. The lowest BCUT2D eigenvalue weighted by Gasteiger charge is -2.10. The highest BCUT2D eigenvalue weighted by molar-refractivity contribution is 6.39. The predicted octanol–water partition coefficient (Wildman–Crippen LogP) is 1.80. The van der Waals surface area contributed by atoms with Crippen LogP contribution < -0.4 is 25.0 Å². The average Bonchev–Trinajstić information content (AvgIpc) is 2.68. The molecule has 0 aliphatic heterocycles. The first kappa shape index (κ1) is 18.8. The molecule has 2 rings (SSSR count). The van der Waals surface area contributed by atoms with Crippen molar-refractivity contribution in [2.24, 2.45) is 5.10 Å². The summed E-state index contributed by atoms with van der Waals surface area (Å²) in [6.07, 6.45) is 1.39. The van der Waals surface area contributed by atoms with Crippen LogP contribution in [0.15, 0.2) is 47.6 Å². The summed E-state index contributed by atoms with van der Waals surface area (Å²) in [7, 11) is 4.51. The standard InChI is InChI=1S/C18H19N3O5/c1-24-14-7-5-4-6-12(14)11-19-21-18(23)17(22)20-13-8-9-15(25-2)16(10-13)26-3/h4-11H,1-3H3,(H,20,22)(H,21,23)/b19-11-. The lowest BCUT2D eigenvalue weighted by atomic mass is 10.2. The monoisotopic (exact) mass is 357 g/mol. The fourth-order valence-corrected chi connectivity index (χ4v) is 2.09. The number of ether oxygens (including phenoxy) is 3. The van der Waals surface area contributed by atoms with E-state index in [1.54, 1.807) is 36.4 Å². The topological polar surface area (TPSA) is 98.2 Å². The number of methoxy groups -OCH3 is 3. The number of hydrogen-bond donors (Lipinski definition) is 2. The van der Waals surface area contributed by atoms with Crippen molar-refractivity contribution >= 4 is 23.7 Å².